The summed E-state index contributed by atoms with van der Waals surface area (Å²) in [6.07, 6.45) is 5.08. The summed E-state index contributed by atoms with van der Waals surface area (Å²) in [5, 5.41) is 9.79. The highest BCUT2D eigenvalue weighted by molar-refractivity contribution is 5.93. The number of ketones is 1. The van der Waals surface area contributed by atoms with Crippen LogP contribution in [0.5, 0.6) is 0 Å². The monoisotopic (exact) mass is 182 g/mol. The molecule has 0 aromatic rings. The van der Waals surface area contributed by atoms with Crippen LogP contribution in [0.3, 0.4) is 0 Å². The van der Waals surface area contributed by atoms with Crippen molar-refractivity contribution in [1.29, 1.82) is 0 Å². The molecule has 2 heteroatoms. The molecule has 0 saturated heterocycles. The summed E-state index contributed by atoms with van der Waals surface area (Å²) in [5.41, 5.74) is 0.381. The third kappa shape index (κ3) is 2.66. The lowest BCUT2D eigenvalue weighted by Crippen LogP contribution is -2.27. The van der Waals surface area contributed by atoms with Crippen molar-refractivity contribution in [3.8, 4) is 0 Å². The predicted molar refractivity (Wildman–Crippen MR) is 52.4 cm³/mol. The molecule has 1 rings (SSSR count). The van der Waals surface area contributed by atoms with Crippen LogP contribution in [-0.2, 0) is 4.79 Å². The zero-order valence-corrected chi connectivity index (χ0v) is 8.25. The van der Waals surface area contributed by atoms with Gasteiger partial charge in [-0.1, -0.05) is 25.8 Å². The minimum absolute atomic E-state index is 0.0851. The smallest absolute Gasteiger partial charge is 0.157 e. The molecule has 0 amide bonds. The minimum Gasteiger partial charge on any atom is -0.388 e. The maximum atomic E-state index is 11.0. The first-order valence-corrected chi connectivity index (χ1v) is 5.00. The average molecular weight is 182 g/mol. The summed E-state index contributed by atoms with van der Waals surface area (Å²) in [6.45, 7) is 5.10. The highest BCUT2D eigenvalue weighted by Gasteiger charge is 2.25. The van der Waals surface area contributed by atoms with Crippen molar-refractivity contribution >= 4 is 5.78 Å². The van der Waals surface area contributed by atoms with E-state index in [1.54, 1.807) is 0 Å². The van der Waals surface area contributed by atoms with Crippen LogP contribution in [0.4, 0.5) is 0 Å². The maximum Gasteiger partial charge on any atom is 0.157 e. The fourth-order valence-electron chi connectivity index (χ4n) is 1.94. The third-order valence-electron chi connectivity index (χ3n) is 2.91. The molecule has 1 aliphatic carbocycles. The van der Waals surface area contributed by atoms with Gasteiger partial charge in [0.2, 0.25) is 0 Å². The first kappa shape index (κ1) is 10.5. The van der Waals surface area contributed by atoms with E-state index in [1.165, 1.54) is 26.2 Å². The third-order valence-corrected chi connectivity index (χ3v) is 2.91. The van der Waals surface area contributed by atoms with Crippen LogP contribution in [0.2, 0.25) is 0 Å². The highest BCUT2D eigenvalue weighted by Crippen LogP contribution is 2.28. The highest BCUT2D eigenvalue weighted by atomic mass is 16.3. The van der Waals surface area contributed by atoms with Gasteiger partial charge < -0.3 is 5.11 Å². The quantitative estimate of drug-likeness (QED) is 0.678. The number of aliphatic hydroxyl groups is 1. The van der Waals surface area contributed by atoms with E-state index in [1.807, 2.05) is 0 Å². The van der Waals surface area contributed by atoms with Gasteiger partial charge in [0.1, 0.15) is 0 Å². The molecule has 1 unspecified atom stereocenters. The van der Waals surface area contributed by atoms with E-state index < -0.39 is 6.10 Å². The average Bonchev–Trinajstić information content (AvgIpc) is 2.17. The van der Waals surface area contributed by atoms with Gasteiger partial charge in [-0.25, -0.2) is 0 Å². The molecule has 1 atom stereocenters. The Morgan fingerprint density at radius 1 is 1.38 bits per heavy atom. The van der Waals surface area contributed by atoms with Crippen LogP contribution < -0.4 is 0 Å². The van der Waals surface area contributed by atoms with Crippen molar-refractivity contribution in [3.05, 3.63) is 12.2 Å². The van der Waals surface area contributed by atoms with Gasteiger partial charge >= 0.3 is 0 Å². The summed E-state index contributed by atoms with van der Waals surface area (Å²) >= 11 is 0. The molecular formula is C11H18O2. The van der Waals surface area contributed by atoms with Crippen molar-refractivity contribution in [3.63, 3.8) is 0 Å². The number of carbonyl (C=O) groups excluding carboxylic acids is 1. The molecule has 0 radical (unpaired) electrons. The molecular weight excluding hydrogens is 164 g/mol. The van der Waals surface area contributed by atoms with E-state index in [4.69, 9.17) is 0 Å². The molecule has 1 N–H and O–H groups in total. The molecule has 1 fully saturated rings. The van der Waals surface area contributed by atoms with Crippen LogP contribution in [0.1, 0.15) is 39.0 Å². The second kappa shape index (κ2) is 4.56. The van der Waals surface area contributed by atoms with Crippen LogP contribution >= 0.6 is 0 Å². The van der Waals surface area contributed by atoms with Crippen molar-refractivity contribution in [2.24, 2.45) is 5.92 Å². The molecule has 13 heavy (non-hydrogen) atoms. The summed E-state index contributed by atoms with van der Waals surface area (Å²) in [6, 6.07) is 0. The Labute approximate surface area is 79.6 Å². The largest absolute Gasteiger partial charge is 0.388 e. The van der Waals surface area contributed by atoms with Gasteiger partial charge in [-0.2, -0.15) is 0 Å². The van der Waals surface area contributed by atoms with Crippen molar-refractivity contribution in [2.75, 3.05) is 0 Å². The van der Waals surface area contributed by atoms with Gasteiger partial charge in [0, 0.05) is 5.57 Å². The van der Waals surface area contributed by atoms with Crippen LogP contribution in [0, 0.1) is 5.92 Å². The van der Waals surface area contributed by atoms with E-state index in [0.717, 1.165) is 12.8 Å². The van der Waals surface area contributed by atoms with Gasteiger partial charge in [-0.15, -0.1) is 0 Å². The Balaban J connectivity index is 2.49. The first-order valence-electron chi connectivity index (χ1n) is 5.00. The van der Waals surface area contributed by atoms with Crippen LogP contribution in [-0.4, -0.2) is 17.0 Å². The number of carbonyl (C=O) groups is 1. The summed E-state index contributed by atoms with van der Waals surface area (Å²) in [5.74, 6) is 0.184. The summed E-state index contributed by atoms with van der Waals surface area (Å²) in [4.78, 5) is 11.0. The summed E-state index contributed by atoms with van der Waals surface area (Å²) < 4.78 is 0. The second-order valence-corrected chi connectivity index (χ2v) is 3.92. The number of Topliss-reactive ketones (excluding diaryl/α,β-unsaturated/α-hetero) is 1. The van der Waals surface area contributed by atoms with Gasteiger partial charge in [0.15, 0.2) is 5.78 Å². The lowest BCUT2D eigenvalue weighted by atomic mass is 9.82. The Morgan fingerprint density at radius 3 is 2.38 bits per heavy atom. The lowest BCUT2D eigenvalue weighted by molar-refractivity contribution is -0.114. The fourth-order valence-corrected chi connectivity index (χ4v) is 1.94. The maximum absolute atomic E-state index is 11.0. The molecule has 0 aliphatic heterocycles. The van der Waals surface area contributed by atoms with Gasteiger partial charge in [-0.05, 0) is 25.7 Å². The molecule has 1 saturated carbocycles. The van der Waals surface area contributed by atoms with Gasteiger partial charge in [0.05, 0.1) is 6.10 Å². The fraction of sp³-hybridized carbons (Fsp3) is 0.727. The molecule has 0 bridgehead atoms. The van der Waals surface area contributed by atoms with Crippen LogP contribution in [0.25, 0.3) is 0 Å². The van der Waals surface area contributed by atoms with Gasteiger partial charge in [-0.3, -0.25) is 4.79 Å². The Kier molecular flexibility index (Phi) is 3.67. The first-order chi connectivity index (χ1) is 6.13. The predicted octanol–water partition coefficient (Wildman–Crippen LogP) is 2.07. The molecule has 0 aromatic heterocycles. The minimum atomic E-state index is -0.599. The van der Waals surface area contributed by atoms with E-state index in [2.05, 4.69) is 6.58 Å². The molecule has 1 aliphatic rings. The second-order valence-electron chi connectivity index (χ2n) is 3.92. The Morgan fingerprint density at radius 2 is 1.92 bits per heavy atom. The normalized spacial score (nSPS) is 21.1. The zero-order valence-electron chi connectivity index (χ0n) is 8.25. The SMILES string of the molecule is C=C(C(C)=O)C(O)C1CCCCC1. The standard InChI is InChI=1S/C11H18O2/c1-8(9(2)12)11(13)10-6-4-3-5-7-10/h10-11,13H,1,3-7H2,2H3. The number of hydrogen-bond donors (Lipinski definition) is 1. The van der Waals surface area contributed by atoms with E-state index in [-0.39, 0.29) is 11.7 Å². The molecule has 2 nitrogen and oxygen atoms in total. The molecule has 0 aromatic carbocycles. The number of hydrogen-bond acceptors (Lipinski definition) is 2. The topological polar surface area (TPSA) is 37.3 Å². The van der Waals surface area contributed by atoms with Crippen molar-refractivity contribution < 1.29 is 9.90 Å². The number of aliphatic hydroxyl groups excluding tert-OH is 1. The zero-order chi connectivity index (χ0) is 9.84. The Hall–Kier alpha value is -0.630. The summed E-state index contributed by atoms with van der Waals surface area (Å²) in [7, 11) is 0. The van der Waals surface area contributed by atoms with Gasteiger partial charge in [0.25, 0.3) is 0 Å². The molecule has 0 heterocycles. The van der Waals surface area contributed by atoms with E-state index in [0.29, 0.717) is 5.57 Å². The van der Waals surface area contributed by atoms with E-state index in [9.17, 15) is 9.90 Å². The van der Waals surface area contributed by atoms with Crippen LogP contribution in [0.15, 0.2) is 12.2 Å². The van der Waals surface area contributed by atoms with Crippen molar-refractivity contribution in [1.82, 2.24) is 0 Å². The Bertz CT molecular complexity index is 202. The van der Waals surface area contributed by atoms with Crippen molar-refractivity contribution in [2.45, 2.75) is 45.1 Å². The molecule has 74 valence electrons. The van der Waals surface area contributed by atoms with E-state index >= 15 is 0 Å². The number of rotatable bonds is 3. The molecule has 0 spiro atoms. The lowest BCUT2D eigenvalue weighted by Gasteiger charge is -2.26.